The zero-order valence-electron chi connectivity index (χ0n) is 20.1. The molecule has 7 heteroatoms. The second-order valence-corrected chi connectivity index (χ2v) is 9.20. The van der Waals surface area contributed by atoms with Gasteiger partial charge in [0.1, 0.15) is 18.0 Å². The van der Waals surface area contributed by atoms with Crippen molar-refractivity contribution in [2.75, 3.05) is 7.11 Å². The van der Waals surface area contributed by atoms with Gasteiger partial charge in [-0.25, -0.2) is 9.59 Å². The number of hydrogen-bond donors (Lipinski definition) is 1. The average molecular weight is 456 g/mol. The van der Waals surface area contributed by atoms with E-state index in [9.17, 15) is 14.4 Å². The Morgan fingerprint density at radius 2 is 1.61 bits per heavy atom. The Bertz CT molecular complexity index is 959. The summed E-state index contributed by atoms with van der Waals surface area (Å²) in [5, 5.41) is 2.67. The van der Waals surface area contributed by atoms with Crippen LogP contribution >= 0.6 is 0 Å². The molecule has 0 bridgehead atoms. The van der Waals surface area contributed by atoms with Crippen LogP contribution in [0.3, 0.4) is 0 Å². The first kappa shape index (κ1) is 25.9. The molecule has 2 rings (SSSR count). The van der Waals surface area contributed by atoms with Gasteiger partial charge in [-0.05, 0) is 62.9 Å². The first-order valence-corrected chi connectivity index (χ1v) is 10.9. The molecule has 0 aromatic heterocycles. The second kappa shape index (κ2) is 11.5. The zero-order valence-corrected chi connectivity index (χ0v) is 20.1. The van der Waals surface area contributed by atoms with Gasteiger partial charge in [-0.2, -0.15) is 0 Å². The van der Waals surface area contributed by atoms with Gasteiger partial charge in [0.15, 0.2) is 5.78 Å². The molecule has 33 heavy (non-hydrogen) atoms. The van der Waals surface area contributed by atoms with Gasteiger partial charge in [0.25, 0.3) is 0 Å². The molecule has 0 aliphatic rings. The van der Waals surface area contributed by atoms with E-state index in [0.717, 1.165) is 5.56 Å². The molecule has 0 heterocycles. The summed E-state index contributed by atoms with van der Waals surface area (Å²) < 4.78 is 15.8. The van der Waals surface area contributed by atoms with E-state index in [1.807, 2.05) is 26.0 Å². The van der Waals surface area contributed by atoms with E-state index in [4.69, 9.17) is 14.2 Å². The minimum Gasteiger partial charge on any atom is -0.497 e. The third-order valence-corrected chi connectivity index (χ3v) is 4.63. The summed E-state index contributed by atoms with van der Waals surface area (Å²) in [5.74, 6) is 0.0408. The number of nitrogens with one attached hydrogen (secondary N) is 1. The summed E-state index contributed by atoms with van der Waals surface area (Å²) >= 11 is 0. The van der Waals surface area contributed by atoms with Gasteiger partial charge in [-0.15, -0.1) is 0 Å². The van der Waals surface area contributed by atoms with Crippen molar-refractivity contribution < 1.29 is 28.6 Å². The van der Waals surface area contributed by atoms with Crippen LogP contribution in [-0.4, -0.2) is 36.6 Å². The number of alkyl carbamates (subject to hydrolysis) is 1. The zero-order chi connectivity index (χ0) is 24.6. The van der Waals surface area contributed by atoms with Gasteiger partial charge in [0, 0.05) is 5.56 Å². The van der Waals surface area contributed by atoms with E-state index < -0.39 is 23.7 Å². The molecular weight excluding hydrogens is 422 g/mol. The van der Waals surface area contributed by atoms with Gasteiger partial charge in [0.05, 0.1) is 18.7 Å². The van der Waals surface area contributed by atoms with Gasteiger partial charge in [-0.3, -0.25) is 4.79 Å². The van der Waals surface area contributed by atoms with Crippen molar-refractivity contribution in [3.05, 3.63) is 65.2 Å². The van der Waals surface area contributed by atoms with Gasteiger partial charge >= 0.3 is 12.1 Å². The van der Waals surface area contributed by atoms with Crippen LogP contribution in [0.25, 0.3) is 0 Å². The van der Waals surface area contributed by atoms with Crippen LogP contribution in [0.1, 0.15) is 67.3 Å². The van der Waals surface area contributed by atoms with E-state index in [1.54, 1.807) is 58.2 Å². The van der Waals surface area contributed by atoms with Crippen LogP contribution in [0.15, 0.2) is 48.5 Å². The monoisotopic (exact) mass is 455 g/mol. The normalized spacial score (nSPS) is 12.1. The largest absolute Gasteiger partial charge is 0.497 e. The van der Waals surface area contributed by atoms with Crippen molar-refractivity contribution in [1.82, 2.24) is 5.32 Å². The van der Waals surface area contributed by atoms with Crippen molar-refractivity contribution in [2.24, 2.45) is 5.92 Å². The van der Waals surface area contributed by atoms with Crippen LogP contribution in [0, 0.1) is 5.92 Å². The highest BCUT2D eigenvalue weighted by Gasteiger charge is 2.26. The summed E-state index contributed by atoms with van der Waals surface area (Å²) in [6, 6.07) is 12.7. The number of carbonyl (C=O) groups is 3. The topological polar surface area (TPSA) is 90.9 Å². The summed E-state index contributed by atoms with van der Waals surface area (Å²) in [5.41, 5.74) is 0.712. The fourth-order valence-corrected chi connectivity index (χ4v) is 3.11. The fraction of sp³-hybridized carbons (Fsp3) is 0.423. The average Bonchev–Trinajstić information content (AvgIpc) is 2.75. The highest BCUT2D eigenvalue weighted by molar-refractivity contribution is 6.03. The number of esters is 1. The lowest BCUT2D eigenvalue weighted by molar-refractivity contribution is 0.0466. The molecule has 1 unspecified atom stereocenters. The molecule has 0 saturated heterocycles. The molecule has 0 radical (unpaired) electrons. The summed E-state index contributed by atoms with van der Waals surface area (Å²) in [6.45, 7) is 9.29. The van der Waals surface area contributed by atoms with Crippen molar-refractivity contribution in [2.45, 2.75) is 59.3 Å². The van der Waals surface area contributed by atoms with Crippen LogP contribution in [0.4, 0.5) is 4.79 Å². The molecule has 1 N–H and O–H groups in total. The van der Waals surface area contributed by atoms with E-state index in [1.165, 1.54) is 6.07 Å². The Morgan fingerprint density at radius 1 is 0.970 bits per heavy atom. The molecular formula is C26H33NO6. The molecule has 0 fully saturated rings. The lowest BCUT2D eigenvalue weighted by Gasteiger charge is -2.24. The van der Waals surface area contributed by atoms with Gasteiger partial charge in [0.2, 0.25) is 0 Å². The summed E-state index contributed by atoms with van der Waals surface area (Å²) in [6.07, 6.45) is -0.221. The predicted molar refractivity (Wildman–Crippen MR) is 125 cm³/mol. The number of benzene rings is 2. The smallest absolute Gasteiger partial charge is 0.408 e. The Balaban J connectivity index is 2.10. The minimum absolute atomic E-state index is 0.0944. The number of carbonyl (C=O) groups excluding carboxylic acids is 3. The van der Waals surface area contributed by atoms with Crippen molar-refractivity contribution in [1.29, 1.82) is 0 Å². The quantitative estimate of drug-likeness (QED) is 0.414. The Hall–Kier alpha value is -3.35. The maximum absolute atomic E-state index is 13.2. The molecule has 2 aromatic rings. The summed E-state index contributed by atoms with van der Waals surface area (Å²) in [7, 11) is 1.58. The van der Waals surface area contributed by atoms with E-state index >= 15 is 0 Å². The van der Waals surface area contributed by atoms with E-state index in [0.29, 0.717) is 17.7 Å². The van der Waals surface area contributed by atoms with Crippen LogP contribution < -0.4 is 10.1 Å². The van der Waals surface area contributed by atoms with Crippen LogP contribution in [-0.2, 0) is 16.1 Å². The van der Waals surface area contributed by atoms with Gasteiger partial charge < -0.3 is 19.5 Å². The number of ketones is 1. The lowest BCUT2D eigenvalue weighted by atomic mass is 9.95. The lowest BCUT2D eigenvalue weighted by Crippen LogP contribution is -2.44. The SMILES string of the molecule is COc1ccc(COC(=O)c2cccc(C(=O)C(CC(C)C)NC(=O)OC(C)(C)C)c2)cc1. The summed E-state index contributed by atoms with van der Waals surface area (Å²) in [4.78, 5) is 38.0. The number of methoxy groups -OCH3 is 1. The number of hydrogen-bond acceptors (Lipinski definition) is 6. The molecule has 0 saturated carbocycles. The van der Waals surface area contributed by atoms with Gasteiger partial charge in [-0.1, -0.05) is 38.1 Å². The molecule has 7 nitrogen and oxygen atoms in total. The Labute approximate surface area is 195 Å². The molecule has 0 spiro atoms. The third-order valence-electron chi connectivity index (χ3n) is 4.63. The van der Waals surface area contributed by atoms with E-state index in [-0.39, 0.29) is 23.9 Å². The molecule has 0 aliphatic heterocycles. The fourth-order valence-electron chi connectivity index (χ4n) is 3.11. The maximum atomic E-state index is 13.2. The number of ether oxygens (including phenoxy) is 3. The highest BCUT2D eigenvalue weighted by Crippen LogP contribution is 2.17. The van der Waals surface area contributed by atoms with Crippen molar-refractivity contribution in [3.8, 4) is 5.75 Å². The minimum atomic E-state index is -0.773. The number of amides is 1. The molecule has 1 amide bonds. The van der Waals surface area contributed by atoms with Crippen molar-refractivity contribution in [3.63, 3.8) is 0 Å². The molecule has 2 aromatic carbocycles. The predicted octanol–water partition coefficient (Wildman–Crippen LogP) is 5.17. The molecule has 0 aliphatic carbocycles. The third kappa shape index (κ3) is 8.60. The Kier molecular flexibility index (Phi) is 9.02. The number of rotatable bonds is 9. The first-order chi connectivity index (χ1) is 15.5. The van der Waals surface area contributed by atoms with Crippen LogP contribution in [0.5, 0.6) is 5.75 Å². The molecule has 1 atom stereocenters. The number of Topliss-reactive ketones (excluding diaryl/α,β-unsaturated/α-hetero) is 1. The second-order valence-electron chi connectivity index (χ2n) is 9.20. The maximum Gasteiger partial charge on any atom is 0.408 e. The van der Waals surface area contributed by atoms with Crippen LogP contribution in [0.2, 0.25) is 0 Å². The molecule has 178 valence electrons. The Morgan fingerprint density at radius 3 is 2.18 bits per heavy atom. The first-order valence-electron chi connectivity index (χ1n) is 10.9. The van der Waals surface area contributed by atoms with E-state index in [2.05, 4.69) is 5.32 Å². The van der Waals surface area contributed by atoms with Crippen molar-refractivity contribution >= 4 is 17.8 Å². The standard InChI is InChI=1S/C26H33NO6/c1-17(2)14-22(27-25(30)33-26(3,4)5)23(28)19-8-7-9-20(15-19)24(29)32-16-18-10-12-21(31-6)13-11-18/h7-13,15,17,22H,14,16H2,1-6H3,(H,27,30). The highest BCUT2D eigenvalue weighted by atomic mass is 16.6.